The van der Waals surface area contributed by atoms with Crippen LogP contribution in [-0.2, 0) is 22.5 Å². The Hall–Kier alpha value is -3.48. The van der Waals surface area contributed by atoms with Gasteiger partial charge < -0.3 is 10.1 Å². The smallest absolute Gasteiger partial charge is 0.337 e. The quantitative estimate of drug-likeness (QED) is 0.701. The maximum atomic E-state index is 12.7. The average molecular weight is 365 g/mol. The van der Waals surface area contributed by atoms with Crippen molar-refractivity contribution in [2.45, 2.75) is 19.9 Å². The van der Waals surface area contributed by atoms with Gasteiger partial charge in [-0.15, -0.1) is 0 Å². The number of fused-ring (bicyclic) bond motifs is 1. The van der Waals surface area contributed by atoms with Crippen molar-refractivity contribution >= 4 is 28.5 Å². The van der Waals surface area contributed by atoms with Gasteiger partial charge in [-0.05, 0) is 36.4 Å². The molecule has 3 aromatic rings. The fourth-order valence-electron chi connectivity index (χ4n) is 2.80. The second-order valence-corrected chi connectivity index (χ2v) is 5.91. The van der Waals surface area contributed by atoms with Crippen LogP contribution in [0.1, 0.15) is 23.1 Å². The van der Waals surface area contributed by atoms with Crippen LogP contribution in [0.15, 0.2) is 53.3 Å². The molecule has 0 aliphatic rings. The van der Waals surface area contributed by atoms with Gasteiger partial charge in [0, 0.05) is 12.1 Å². The Morgan fingerprint density at radius 1 is 1.11 bits per heavy atom. The summed E-state index contributed by atoms with van der Waals surface area (Å²) in [7, 11) is 1.30. The van der Waals surface area contributed by atoms with Crippen molar-refractivity contribution in [2.24, 2.45) is 0 Å². The van der Waals surface area contributed by atoms with Gasteiger partial charge in [-0.25, -0.2) is 9.78 Å². The monoisotopic (exact) mass is 365 g/mol. The van der Waals surface area contributed by atoms with Crippen LogP contribution in [0.4, 0.5) is 5.69 Å². The Balaban J connectivity index is 1.82. The first kappa shape index (κ1) is 18.3. The minimum atomic E-state index is -0.450. The molecule has 0 bridgehead atoms. The van der Waals surface area contributed by atoms with Crippen molar-refractivity contribution in [2.75, 3.05) is 12.4 Å². The van der Waals surface area contributed by atoms with E-state index in [2.05, 4.69) is 15.0 Å². The average Bonchev–Trinajstić information content (AvgIpc) is 2.70. The lowest BCUT2D eigenvalue weighted by Gasteiger charge is -2.12. The summed E-state index contributed by atoms with van der Waals surface area (Å²) < 4.78 is 6.03. The second kappa shape index (κ2) is 7.82. The van der Waals surface area contributed by atoms with E-state index in [1.54, 1.807) is 42.5 Å². The maximum absolute atomic E-state index is 12.7. The molecule has 3 rings (SSSR count). The summed E-state index contributed by atoms with van der Waals surface area (Å²) in [6.07, 6.45) is 0.529. The molecule has 0 saturated carbocycles. The van der Waals surface area contributed by atoms with Crippen LogP contribution in [0.25, 0.3) is 10.9 Å². The van der Waals surface area contributed by atoms with Crippen molar-refractivity contribution in [1.82, 2.24) is 9.55 Å². The van der Waals surface area contributed by atoms with E-state index in [-0.39, 0.29) is 18.0 Å². The summed E-state index contributed by atoms with van der Waals surface area (Å²) >= 11 is 0. The fraction of sp³-hybridized carbons (Fsp3) is 0.200. The molecule has 2 aromatic carbocycles. The second-order valence-electron chi connectivity index (χ2n) is 5.91. The summed E-state index contributed by atoms with van der Waals surface area (Å²) in [6, 6.07) is 13.4. The van der Waals surface area contributed by atoms with E-state index in [9.17, 15) is 14.4 Å². The Bertz CT molecular complexity index is 1060. The van der Waals surface area contributed by atoms with Gasteiger partial charge in [-0.3, -0.25) is 14.2 Å². The van der Waals surface area contributed by atoms with Crippen LogP contribution in [0.5, 0.6) is 0 Å². The van der Waals surface area contributed by atoms with Gasteiger partial charge in [-0.1, -0.05) is 19.1 Å². The number of nitrogens with zero attached hydrogens (tertiary/aromatic N) is 2. The number of nitrogens with one attached hydrogen (secondary N) is 1. The number of hydrogen-bond donors (Lipinski definition) is 1. The molecule has 1 aromatic heterocycles. The molecule has 0 unspecified atom stereocenters. The van der Waals surface area contributed by atoms with Gasteiger partial charge in [0.1, 0.15) is 12.4 Å². The van der Waals surface area contributed by atoms with Gasteiger partial charge in [0.05, 0.1) is 23.6 Å². The van der Waals surface area contributed by atoms with Crippen LogP contribution in [0, 0.1) is 0 Å². The number of carbonyl (C=O) groups excluding carboxylic acids is 2. The van der Waals surface area contributed by atoms with E-state index in [0.717, 1.165) is 0 Å². The molecule has 1 amide bonds. The Morgan fingerprint density at radius 3 is 2.48 bits per heavy atom. The van der Waals surface area contributed by atoms with E-state index in [1.165, 1.54) is 11.7 Å². The zero-order valence-electron chi connectivity index (χ0n) is 15.1. The highest BCUT2D eigenvalue weighted by atomic mass is 16.5. The van der Waals surface area contributed by atoms with Crippen LogP contribution >= 0.6 is 0 Å². The van der Waals surface area contributed by atoms with Gasteiger partial charge in [-0.2, -0.15) is 0 Å². The van der Waals surface area contributed by atoms with Gasteiger partial charge in [0.15, 0.2) is 0 Å². The molecule has 0 spiro atoms. The summed E-state index contributed by atoms with van der Waals surface area (Å²) in [5, 5.41) is 3.20. The minimum absolute atomic E-state index is 0.140. The fourth-order valence-corrected chi connectivity index (χ4v) is 2.80. The number of rotatable bonds is 5. The maximum Gasteiger partial charge on any atom is 0.337 e. The lowest BCUT2D eigenvalue weighted by atomic mass is 10.2. The van der Waals surface area contributed by atoms with Crippen LogP contribution in [0.3, 0.4) is 0 Å². The predicted octanol–water partition coefficient (Wildman–Crippen LogP) is 2.38. The molecule has 0 aliphatic carbocycles. The summed E-state index contributed by atoms with van der Waals surface area (Å²) in [5.41, 5.74) is 1.29. The zero-order valence-corrected chi connectivity index (χ0v) is 15.1. The normalized spacial score (nSPS) is 10.6. The number of aromatic nitrogens is 2. The SMILES string of the molecule is CCc1nc2ccccc2c(=O)n1CC(=O)Nc1ccc(C(=O)OC)cc1. The Kier molecular flexibility index (Phi) is 5.30. The van der Waals surface area contributed by atoms with Crippen molar-refractivity contribution in [3.05, 3.63) is 70.3 Å². The molecular weight excluding hydrogens is 346 g/mol. The largest absolute Gasteiger partial charge is 0.465 e. The molecule has 138 valence electrons. The van der Waals surface area contributed by atoms with Crippen molar-refractivity contribution in [1.29, 1.82) is 0 Å². The third kappa shape index (κ3) is 3.87. The lowest BCUT2D eigenvalue weighted by Crippen LogP contribution is -2.31. The number of ether oxygens (including phenoxy) is 1. The summed E-state index contributed by atoms with van der Waals surface area (Å²) in [5.74, 6) is -0.251. The predicted molar refractivity (Wildman–Crippen MR) is 102 cm³/mol. The van der Waals surface area contributed by atoms with E-state index >= 15 is 0 Å². The van der Waals surface area contributed by atoms with Crippen molar-refractivity contribution in [3.63, 3.8) is 0 Å². The third-order valence-electron chi connectivity index (χ3n) is 4.15. The van der Waals surface area contributed by atoms with Crippen molar-refractivity contribution in [3.8, 4) is 0 Å². The van der Waals surface area contributed by atoms with Crippen LogP contribution < -0.4 is 10.9 Å². The van der Waals surface area contributed by atoms with Crippen LogP contribution in [-0.4, -0.2) is 28.5 Å². The number of anilines is 1. The molecule has 27 heavy (non-hydrogen) atoms. The summed E-state index contributed by atoms with van der Waals surface area (Å²) in [4.78, 5) is 41.1. The number of benzene rings is 2. The first-order chi connectivity index (χ1) is 13.0. The van der Waals surface area contributed by atoms with E-state index in [1.807, 2.05) is 13.0 Å². The number of hydrogen-bond acceptors (Lipinski definition) is 5. The highest BCUT2D eigenvalue weighted by Crippen LogP contribution is 2.12. The third-order valence-corrected chi connectivity index (χ3v) is 4.15. The minimum Gasteiger partial charge on any atom is -0.465 e. The zero-order chi connectivity index (χ0) is 19.4. The number of amides is 1. The lowest BCUT2D eigenvalue weighted by molar-refractivity contribution is -0.116. The standard InChI is InChI=1S/C20H19N3O4/c1-3-17-22-16-7-5-4-6-15(16)19(25)23(17)12-18(24)21-14-10-8-13(9-11-14)20(26)27-2/h4-11H,3,12H2,1-2H3,(H,21,24). The molecule has 1 heterocycles. The molecule has 0 saturated heterocycles. The Labute approximate surface area is 155 Å². The molecule has 0 fully saturated rings. The van der Waals surface area contributed by atoms with E-state index in [4.69, 9.17) is 0 Å². The molecule has 7 nitrogen and oxygen atoms in total. The number of aryl methyl sites for hydroxylation is 1. The number of para-hydroxylation sites is 1. The molecule has 0 aliphatic heterocycles. The summed E-state index contributed by atoms with van der Waals surface area (Å²) in [6.45, 7) is 1.75. The topological polar surface area (TPSA) is 90.3 Å². The van der Waals surface area contributed by atoms with E-state index in [0.29, 0.717) is 34.4 Å². The molecular formula is C20H19N3O4. The van der Waals surface area contributed by atoms with Crippen molar-refractivity contribution < 1.29 is 14.3 Å². The molecule has 0 radical (unpaired) electrons. The van der Waals surface area contributed by atoms with Crippen LogP contribution in [0.2, 0.25) is 0 Å². The van der Waals surface area contributed by atoms with Gasteiger partial charge in [0.25, 0.3) is 5.56 Å². The Morgan fingerprint density at radius 2 is 1.81 bits per heavy atom. The van der Waals surface area contributed by atoms with Gasteiger partial charge >= 0.3 is 5.97 Å². The number of esters is 1. The highest BCUT2D eigenvalue weighted by Gasteiger charge is 2.13. The number of carbonyl (C=O) groups is 2. The molecule has 7 heteroatoms. The molecule has 0 atom stereocenters. The first-order valence-corrected chi connectivity index (χ1v) is 8.50. The van der Waals surface area contributed by atoms with E-state index < -0.39 is 5.97 Å². The highest BCUT2D eigenvalue weighted by molar-refractivity contribution is 5.93. The first-order valence-electron chi connectivity index (χ1n) is 8.50. The number of methoxy groups -OCH3 is 1. The molecule has 1 N–H and O–H groups in total. The van der Waals surface area contributed by atoms with Gasteiger partial charge in [0.2, 0.25) is 5.91 Å².